The van der Waals surface area contributed by atoms with Gasteiger partial charge in [0.2, 0.25) is 10.0 Å². The first kappa shape index (κ1) is 11.5. The van der Waals surface area contributed by atoms with Gasteiger partial charge >= 0.3 is 0 Å². The van der Waals surface area contributed by atoms with E-state index in [0.717, 1.165) is 21.7 Å². The van der Waals surface area contributed by atoms with Gasteiger partial charge in [0, 0.05) is 0 Å². The molecule has 0 saturated carbocycles. The summed E-state index contributed by atoms with van der Waals surface area (Å²) in [6.45, 7) is 3.66. The van der Waals surface area contributed by atoms with E-state index >= 15 is 0 Å². The van der Waals surface area contributed by atoms with E-state index < -0.39 is 10.0 Å². The summed E-state index contributed by atoms with van der Waals surface area (Å²) in [5.74, 6) is 0. The minimum atomic E-state index is -3.54. The van der Waals surface area contributed by atoms with Crippen LogP contribution in [0, 0.1) is 25.3 Å². The number of rotatable bonds is 2. The lowest BCUT2D eigenvalue weighted by Gasteiger charge is -2.16. The highest BCUT2D eigenvalue weighted by atomic mass is 32.2. The Morgan fingerprint density at radius 1 is 1.33 bits per heavy atom. The number of anilines is 1. The molecule has 80 valence electrons. The Morgan fingerprint density at radius 2 is 1.93 bits per heavy atom. The smallest absolute Gasteiger partial charge is 0.206 e. The van der Waals surface area contributed by atoms with E-state index in [1.54, 1.807) is 25.2 Å². The van der Waals surface area contributed by atoms with Gasteiger partial charge in [-0.25, -0.2) is 8.42 Å². The summed E-state index contributed by atoms with van der Waals surface area (Å²) in [4.78, 5) is 0. The molecule has 1 aromatic rings. The van der Waals surface area contributed by atoms with Crippen LogP contribution in [-0.2, 0) is 10.0 Å². The molecule has 5 heteroatoms. The van der Waals surface area contributed by atoms with Crippen LogP contribution < -0.4 is 4.31 Å². The van der Waals surface area contributed by atoms with E-state index in [1.807, 2.05) is 13.0 Å². The van der Waals surface area contributed by atoms with Crippen LogP contribution in [0.2, 0.25) is 0 Å². The van der Waals surface area contributed by atoms with E-state index in [0.29, 0.717) is 5.69 Å². The lowest BCUT2D eigenvalue weighted by molar-refractivity contribution is 0.602. The molecule has 4 nitrogen and oxygen atoms in total. The maximum atomic E-state index is 11.3. The van der Waals surface area contributed by atoms with Gasteiger partial charge in [-0.15, -0.1) is 0 Å². The third-order valence-electron chi connectivity index (χ3n) is 2.22. The zero-order valence-corrected chi connectivity index (χ0v) is 9.67. The van der Waals surface area contributed by atoms with Crippen molar-refractivity contribution in [2.75, 3.05) is 10.6 Å². The Kier molecular flexibility index (Phi) is 3.01. The van der Waals surface area contributed by atoms with Crippen LogP contribution in [0.25, 0.3) is 0 Å². The van der Waals surface area contributed by atoms with Gasteiger partial charge in [-0.2, -0.15) is 9.57 Å². The van der Waals surface area contributed by atoms with Crippen molar-refractivity contribution in [3.05, 3.63) is 29.3 Å². The summed E-state index contributed by atoms with van der Waals surface area (Å²) in [6.07, 6.45) is 2.68. The Hall–Kier alpha value is -1.54. The van der Waals surface area contributed by atoms with Crippen LogP contribution in [0.1, 0.15) is 11.1 Å². The van der Waals surface area contributed by atoms with Crippen LogP contribution in [0.4, 0.5) is 5.69 Å². The van der Waals surface area contributed by atoms with Gasteiger partial charge in [-0.05, 0) is 31.0 Å². The average Bonchev–Trinajstić information content (AvgIpc) is 2.11. The van der Waals surface area contributed by atoms with E-state index in [4.69, 9.17) is 5.26 Å². The highest BCUT2D eigenvalue weighted by Gasteiger charge is 2.18. The quantitative estimate of drug-likeness (QED) is 0.565. The van der Waals surface area contributed by atoms with Crippen LogP contribution in [0.15, 0.2) is 18.2 Å². The zero-order valence-electron chi connectivity index (χ0n) is 8.85. The monoisotopic (exact) mass is 224 g/mol. The highest BCUT2D eigenvalue weighted by molar-refractivity contribution is 7.92. The average molecular weight is 224 g/mol. The topological polar surface area (TPSA) is 61.2 Å². The van der Waals surface area contributed by atoms with E-state index in [2.05, 4.69) is 0 Å². The van der Waals surface area contributed by atoms with Gasteiger partial charge in [0.1, 0.15) is 0 Å². The standard InChI is InChI=1S/C10H12N2O2S/c1-8-5-4-6-10(9(8)2)12(7-11)15(3,13)14/h4-6H,1-3H3. The van der Waals surface area contributed by atoms with Crippen molar-refractivity contribution in [3.8, 4) is 6.19 Å². The molecule has 0 bridgehead atoms. The van der Waals surface area contributed by atoms with Gasteiger partial charge in [0.25, 0.3) is 0 Å². The molecule has 1 rings (SSSR count). The number of hydrogen-bond acceptors (Lipinski definition) is 3. The Balaban J connectivity index is 3.40. The van der Waals surface area contributed by atoms with Gasteiger partial charge in [0.15, 0.2) is 6.19 Å². The van der Waals surface area contributed by atoms with Crippen LogP contribution in [0.5, 0.6) is 0 Å². The Morgan fingerprint density at radius 3 is 2.40 bits per heavy atom. The lowest BCUT2D eigenvalue weighted by atomic mass is 10.1. The molecule has 0 aromatic heterocycles. The Bertz CT molecular complexity index is 515. The molecule has 0 radical (unpaired) electrons. The molecule has 0 unspecified atom stereocenters. The molecule has 0 aliphatic rings. The second-order valence-corrected chi connectivity index (χ2v) is 5.18. The molecule has 0 atom stereocenters. The van der Waals surface area contributed by atoms with Crippen molar-refractivity contribution in [2.24, 2.45) is 0 Å². The van der Waals surface area contributed by atoms with E-state index in [9.17, 15) is 8.42 Å². The predicted octanol–water partition coefficient (Wildman–Crippen LogP) is 1.55. The minimum absolute atomic E-state index is 0.417. The van der Waals surface area contributed by atoms with Gasteiger partial charge in [-0.1, -0.05) is 12.1 Å². The van der Waals surface area contributed by atoms with Crippen LogP contribution in [-0.4, -0.2) is 14.7 Å². The third-order valence-corrected chi connectivity index (χ3v) is 3.16. The summed E-state index contributed by atoms with van der Waals surface area (Å²) in [7, 11) is -3.54. The van der Waals surface area contributed by atoms with Gasteiger partial charge in [-0.3, -0.25) is 0 Å². The first-order chi connectivity index (χ1) is 6.88. The van der Waals surface area contributed by atoms with Crippen LogP contribution in [0.3, 0.4) is 0 Å². The third kappa shape index (κ3) is 2.28. The number of aryl methyl sites for hydroxylation is 1. The predicted molar refractivity (Wildman–Crippen MR) is 58.9 cm³/mol. The second kappa shape index (κ2) is 3.91. The molecular formula is C10H12N2O2S. The molecule has 0 aliphatic heterocycles. The summed E-state index contributed by atoms with van der Waals surface area (Å²) < 4.78 is 23.4. The zero-order chi connectivity index (χ0) is 11.6. The van der Waals surface area contributed by atoms with Crippen molar-refractivity contribution in [1.82, 2.24) is 0 Å². The van der Waals surface area contributed by atoms with Crippen molar-refractivity contribution >= 4 is 15.7 Å². The number of hydrogen-bond donors (Lipinski definition) is 0. The number of sulfonamides is 1. The van der Waals surface area contributed by atoms with E-state index in [-0.39, 0.29) is 0 Å². The fraction of sp³-hybridized carbons (Fsp3) is 0.300. The second-order valence-electron chi connectivity index (χ2n) is 3.35. The molecule has 0 amide bonds. The first-order valence-electron chi connectivity index (χ1n) is 4.34. The molecule has 0 aliphatic carbocycles. The fourth-order valence-electron chi connectivity index (χ4n) is 1.26. The maximum Gasteiger partial charge on any atom is 0.244 e. The fourth-order valence-corrected chi connectivity index (χ4v) is 1.97. The summed E-state index contributed by atoms with van der Waals surface area (Å²) in [5, 5.41) is 8.83. The van der Waals surface area contributed by atoms with E-state index in [1.165, 1.54) is 0 Å². The van der Waals surface area contributed by atoms with Crippen molar-refractivity contribution in [2.45, 2.75) is 13.8 Å². The minimum Gasteiger partial charge on any atom is -0.206 e. The molecule has 0 spiro atoms. The van der Waals surface area contributed by atoms with Crippen molar-refractivity contribution < 1.29 is 8.42 Å². The lowest BCUT2D eigenvalue weighted by Crippen LogP contribution is -2.25. The summed E-state index contributed by atoms with van der Waals surface area (Å²) in [6, 6.07) is 5.22. The molecule has 0 fully saturated rings. The first-order valence-corrected chi connectivity index (χ1v) is 6.19. The summed E-state index contributed by atoms with van der Waals surface area (Å²) >= 11 is 0. The maximum absolute atomic E-state index is 11.3. The SMILES string of the molecule is Cc1cccc(N(C#N)S(C)(=O)=O)c1C. The molecule has 0 saturated heterocycles. The largest absolute Gasteiger partial charge is 0.244 e. The number of nitriles is 1. The summed E-state index contributed by atoms with van der Waals surface area (Å²) in [5.41, 5.74) is 2.17. The molecule has 0 heterocycles. The van der Waals surface area contributed by atoms with Crippen LogP contribution >= 0.6 is 0 Å². The van der Waals surface area contributed by atoms with Crippen molar-refractivity contribution in [3.63, 3.8) is 0 Å². The molecule has 0 N–H and O–H groups in total. The van der Waals surface area contributed by atoms with Gasteiger partial charge in [0.05, 0.1) is 11.9 Å². The number of nitrogens with zero attached hydrogens (tertiary/aromatic N) is 2. The molecule has 15 heavy (non-hydrogen) atoms. The number of benzene rings is 1. The Labute approximate surface area is 89.8 Å². The highest BCUT2D eigenvalue weighted by Crippen LogP contribution is 2.23. The molecular weight excluding hydrogens is 212 g/mol. The van der Waals surface area contributed by atoms with Gasteiger partial charge < -0.3 is 0 Å². The molecule has 1 aromatic carbocycles. The van der Waals surface area contributed by atoms with Crippen molar-refractivity contribution in [1.29, 1.82) is 5.26 Å². The normalized spacial score (nSPS) is 10.8.